The van der Waals surface area contributed by atoms with E-state index in [2.05, 4.69) is 17.2 Å². The molecule has 1 aromatic heterocycles. The van der Waals surface area contributed by atoms with Crippen molar-refractivity contribution >= 4 is 5.91 Å². The van der Waals surface area contributed by atoms with E-state index in [9.17, 15) is 9.18 Å². The Kier molecular flexibility index (Phi) is 6.28. The minimum absolute atomic E-state index is 0.0132. The third-order valence-corrected chi connectivity index (χ3v) is 5.72. The number of nitrogens with zero attached hydrogens (tertiary/aromatic N) is 2. The smallest absolute Gasteiger partial charge is 0.254 e. The maximum atomic E-state index is 13.3. The van der Waals surface area contributed by atoms with Crippen LogP contribution >= 0.6 is 0 Å². The van der Waals surface area contributed by atoms with Gasteiger partial charge in [0.05, 0.1) is 11.7 Å². The molecule has 3 aromatic rings. The van der Waals surface area contributed by atoms with Crippen molar-refractivity contribution in [1.29, 1.82) is 0 Å². The van der Waals surface area contributed by atoms with E-state index < -0.39 is 0 Å². The van der Waals surface area contributed by atoms with E-state index in [0.717, 1.165) is 24.1 Å². The monoisotopic (exact) mass is 419 g/mol. The largest absolute Gasteiger partial charge is 0.457 e. The summed E-state index contributed by atoms with van der Waals surface area (Å²) in [5, 5.41) is 3.21. The Morgan fingerprint density at radius 1 is 1.16 bits per heavy atom. The molecule has 1 amide bonds. The van der Waals surface area contributed by atoms with E-state index in [4.69, 9.17) is 4.74 Å². The molecule has 0 saturated carbocycles. The number of halogens is 1. The first kappa shape index (κ1) is 21.0. The van der Waals surface area contributed by atoms with Gasteiger partial charge in [-0.25, -0.2) is 4.39 Å². The van der Waals surface area contributed by atoms with Crippen LogP contribution in [0, 0.1) is 5.82 Å². The summed E-state index contributed by atoms with van der Waals surface area (Å²) in [7, 11) is 1.91. The van der Waals surface area contributed by atoms with E-state index >= 15 is 0 Å². The van der Waals surface area contributed by atoms with Crippen LogP contribution in [-0.2, 0) is 0 Å². The number of rotatable bonds is 6. The van der Waals surface area contributed by atoms with Crippen molar-refractivity contribution < 1.29 is 13.9 Å². The Hall–Kier alpha value is -3.25. The van der Waals surface area contributed by atoms with Crippen LogP contribution in [0.2, 0.25) is 0 Å². The molecule has 6 heteroatoms. The van der Waals surface area contributed by atoms with Gasteiger partial charge in [0.1, 0.15) is 17.3 Å². The average Bonchev–Trinajstić information content (AvgIpc) is 3.30. The van der Waals surface area contributed by atoms with Gasteiger partial charge in [-0.05, 0) is 74.8 Å². The lowest BCUT2D eigenvalue weighted by molar-refractivity contribution is 0.0732. The van der Waals surface area contributed by atoms with Crippen LogP contribution in [0.5, 0.6) is 11.5 Å². The Morgan fingerprint density at radius 3 is 2.74 bits per heavy atom. The number of hydrogen-bond donors (Lipinski definition) is 1. The van der Waals surface area contributed by atoms with Crippen molar-refractivity contribution in [3.63, 3.8) is 0 Å². The lowest BCUT2D eigenvalue weighted by Gasteiger charge is -2.25. The van der Waals surface area contributed by atoms with E-state index in [1.54, 1.807) is 24.4 Å². The van der Waals surface area contributed by atoms with Gasteiger partial charge in [0.25, 0.3) is 5.91 Å². The first-order valence-electron chi connectivity index (χ1n) is 10.5. The quantitative estimate of drug-likeness (QED) is 0.591. The zero-order chi connectivity index (χ0) is 21.8. The molecule has 5 nitrogen and oxygen atoms in total. The predicted molar refractivity (Wildman–Crippen MR) is 118 cm³/mol. The lowest BCUT2D eigenvalue weighted by Crippen LogP contribution is -2.31. The zero-order valence-electron chi connectivity index (χ0n) is 17.7. The molecule has 1 aliphatic heterocycles. The highest BCUT2D eigenvalue weighted by Crippen LogP contribution is 2.34. The standard InChI is InChI=1S/C25H26FN3O2/c1-17(27-2)18-5-3-6-19(15-18)25(30)29-14-4-7-24(29)23-16-22(12-13-28-23)31-21-10-8-20(26)9-11-21/h3,5-6,8-13,15-17,24,27H,4,7,14H2,1-2H3. The van der Waals surface area contributed by atoms with Crippen molar-refractivity contribution in [3.05, 3.63) is 89.5 Å². The normalized spacial score (nSPS) is 16.9. The molecule has 1 saturated heterocycles. The third-order valence-electron chi connectivity index (χ3n) is 5.72. The van der Waals surface area contributed by atoms with Crippen LogP contribution < -0.4 is 10.1 Å². The molecule has 0 spiro atoms. The summed E-state index contributed by atoms with van der Waals surface area (Å²) >= 11 is 0. The molecule has 2 heterocycles. The van der Waals surface area contributed by atoms with Crippen LogP contribution in [0.25, 0.3) is 0 Å². The summed E-state index contributed by atoms with van der Waals surface area (Å²) in [6.07, 6.45) is 3.46. The van der Waals surface area contributed by atoms with Gasteiger partial charge in [-0.3, -0.25) is 9.78 Å². The fraction of sp³-hybridized carbons (Fsp3) is 0.280. The molecule has 31 heavy (non-hydrogen) atoms. The van der Waals surface area contributed by atoms with Crippen LogP contribution in [0.1, 0.15) is 53.5 Å². The van der Waals surface area contributed by atoms with Gasteiger partial charge in [-0.2, -0.15) is 0 Å². The lowest BCUT2D eigenvalue weighted by atomic mass is 10.0. The zero-order valence-corrected chi connectivity index (χ0v) is 17.7. The SMILES string of the molecule is CNC(C)c1cccc(C(=O)N2CCCC2c2cc(Oc3ccc(F)cc3)ccn2)c1. The summed E-state index contributed by atoms with van der Waals surface area (Å²) in [6.45, 7) is 2.76. The molecule has 2 unspecified atom stereocenters. The molecule has 4 rings (SSSR count). The second-order valence-corrected chi connectivity index (χ2v) is 7.76. The van der Waals surface area contributed by atoms with Gasteiger partial charge in [-0.15, -0.1) is 0 Å². The van der Waals surface area contributed by atoms with E-state index in [0.29, 0.717) is 23.6 Å². The summed E-state index contributed by atoms with van der Waals surface area (Å²) in [4.78, 5) is 19.7. The number of ether oxygens (including phenoxy) is 1. The summed E-state index contributed by atoms with van der Waals surface area (Å²) in [5.74, 6) is 0.865. The highest BCUT2D eigenvalue weighted by molar-refractivity contribution is 5.94. The molecule has 1 fully saturated rings. The number of aromatic nitrogens is 1. The van der Waals surface area contributed by atoms with Crippen molar-refractivity contribution in [2.45, 2.75) is 31.8 Å². The molecule has 0 aliphatic carbocycles. The minimum Gasteiger partial charge on any atom is -0.457 e. The van der Waals surface area contributed by atoms with Crippen LogP contribution in [0.4, 0.5) is 4.39 Å². The van der Waals surface area contributed by atoms with Gasteiger partial charge in [0.15, 0.2) is 0 Å². The molecular formula is C25H26FN3O2. The minimum atomic E-state index is -0.309. The Balaban J connectivity index is 1.54. The Morgan fingerprint density at radius 2 is 1.97 bits per heavy atom. The number of nitrogens with one attached hydrogen (secondary N) is 1. The van der Waals surface area contributed by atoms with Gasteiger partial charge in [0, 0.05) is 30.4 Å². The van der Waals surface area contributed by atoms with Gasteiger partial charge >= 0.3 is 0 Å². The van der Waals surface area contributed by atoms with Gasteiger partial charge < -0.3 is 15.0 Å². The molecule has 2 aromatic carbocycles. The van der Waals surface area contributed by atoms with Gasteiger partial charge in [-0.1, -0.05) is 12.1 Å². The van der Waals surface area contributed by atoms with Crippen molar-refractivity contribution in [2.24, 2.45) is 0 Å². The number of benzene rings is 2. The number of amides is 1. The fourth-order valence-electron chi connectivity index (χ4n) is 3.90. The molecule has 2 atom stereocenters. The fourth-order valence-corrected chi connectivity index (χ4v) is 3.90. The molecule has 160 valence electrons. The summed E-state index contributed by atoms with van der Waals surface area (Å²) in [6, 6.07) is 17.4. The van der Waals surface area contributed by atoms with Crippen LogP contribution in [-0.4, -0.2) is 29.4 Å². The number of hydrogen-bond acceptors (Lipinski definition) is 4. The van der Waals surface area contributed by atoms with E-state index in [1.165, 1.54) is 12.1 Å². The van der Waals surface area contributed by atoms with Crippen molar-refractivity contribution in [3.8, 4) is 11.5 Å². The second-order valence-electron chi connectivity index (χ2n) is 7.76. The topological polar surface area (TPSA) is 54.5 Å². The Labute approximate surface area is 181 Å². The van der Waals surface area contributed by atoms with Gasteiger partial charge in [0.2, 0.25) is 0 Å². The van der Waals surface area contributed by atoms with Crippen molar-refractivity contribution in [1.82, 2.24) is 15.2 Å². The average molecular weight is 420 g/mol. The highest BCUT2D eigenvalue weighted by Gasteiger charge is 2.32. The van der Waals surface area contributed by atoms with Crippen molar-refractivity contribution in [2.75, 3.05) is 13.6 Å². The molecule has 1 N–H and O–H groups in total. The van der Waals surface area contributed by atoms with E-state index in [-0.39, 0.29) is 23.8 Å². The predicted octanol–water partition coefficient (Wildman–Crippen LogP) is 5.27. The third kappa shape index (κ3) is 4.75. The summed E-state index contributed by atoms with van der Waals surface area (Å²) < 4.78 is 19.0. The maximum Gasteiger partial charge on any atom is 0.254 e. The van der Waals surface area contributed by atoms with Crippen LogP contribution in [0.15, 0.2) is 66.9 Å². The number of carbonyl (C=O) groups excluding carboxylic acids is 1. The highest BCUT2D eigenvalue weighted by atomic mass is 19.1. The molecule has 0 radical (unpaired) electrons. The summed E-state index contributed by atoms with van der Waals surface area (Å²) in [5.41, 5.74) is 2.56. The first-order chi connectivity index (χ1) is 15.0. The number of likely N-dealkylation sites (tertiary alicyclic amines) is 1. The molecular weight excluding hydrogens is 393 g/mol. The maximum absolute atomic E-state index is 13.3. The van der Waals surface area contributed by atoms with Crippen LogP contribution in [0.3, 0.4) is 0 Å². The number of pyridine rings is 1. The molecule has 1 aliphatic rings. The number of carbonyl (C=O) groups is 1. The molecule has 0 bridgehead atoms. The second kappa shape index (κ2) is 9.27. The first-order valence-corrected chi connectivity index (χ1v) is 10.5. The van der Waals surface area contributed by atoms with E-state index in [1.807, 2.05) is 42.3 Å². The Bertz CT molecular complexity index is 1050.